The minimum Gasteiger partial charge on any atom is -0.497 e. The van der Waals surface area contributed by atoms with E-state index in [9.17, 15) is 9.59 Å². The summed E-state index contributed by atoms with van der Waals surface area (Å²) < 4.78 is 10.4. The smallest absolute Gasteiger partial charge is 0.336 e. The van der Waals surface area contributed by atoms with Crippen LogP contribution in [-0.2, 0) is 9.59 Å². The topological polar surface area (TPSA) is 89.0 Å². The lowest BCUT2D eigenvalue weighted by molar-refractivity contribution is -0.129. The van der Waals surface area contributed by atoms with Crippen LogP contribution >= 0.6 is 0 Å². The van der Waals surface area contributed by atoms with E-state index in [0.717, 1.165) is 22.6 Å². The Bertz CT molecular complexity index is 1150. The first kappa shape index (κ1) is 23.3. The van der Waals surface area contributed by atoms with Crippen LogP contribution < -0.4 is 20.2 Å². The molecule has 7 heteroatoms. The van der Waals surface area contributed by atoms with Gasteiger partial charge in [-0.2, -0.15) is 5.10 Å². The molecular weight excluding hydrogens is 418 g/mol. The standard InChI is InChI=1S/C26H25N3O4/c1-19-6-3-4-9-24(19)27-18-25(30)29-28-17-21-7-5-8-23(16-21)33-26(31)15-12-20-10-13-22(32-2)14-11-20/h3-17,27H,18H2,1-2H3,(H,29,30)/b15-12+,28-17-. The highest BCUT2D eigenvalue weighted by Crippen LogP contribution is 2.15. The number of nitrogens with one attached hydrogen (secondary N) is 2. The third kappa shape index (κ3) is 7.66. The normalized spacial score (nSPS) is 10.8. The summed E-state index contributed by atoms with van der Waals surface area (Å²) in [5.74, 6) is 0.332. The summed E-state index contributed by atoms with van der Waals surface area (Å²) in [4.78, 5) is 24.1. The monoisotopic (exact) mass is 443 g/mol. The fraction of sp³-hybridized carbons (Fsp3) is 0.115. The van der Waals surface area contributed by atoms with E-state index in [2.05, 4.69) is 15.8 Å². The Morgan fingerprint density at radius 2 is 1.73 bits per heavy atom. The molecule has 0 bridgehead atoms. The number of ether oxygens (including phenoxy) is 2. The first-order valence-electron chi connectivity index (χ1n) is 10.3. The molecule has 3 rings (SSSR count). The maximum absolute atomic E-state index is 12.1. The number of para-hydroxylation sites is 1. The van der Waals surface area contributed by atoms with Gasteiger partial charge in [0.05, 0.1) is 19.9 Å². The van der Waals surface area contributed by atoms with Crippen molar-refractivity contribution in [2.24, 2.45) is 5.10 Å². The number of rotatable bonds is 9. The lowest BCUT2D eigenvalue weighted by Gasteiger charge is -2.07. The number of amides is 1. The molecule has 0 aromatic heterocycles. The fourth-order valence-corrected chi connectivity index (χ4v) is 2.85. The van der Waals surface area contributed by atoms with E-state index < -0.39 is 5.97 Å². The minimum atomic E-state index is -0.504. The molecule has 1 amide bonds. The van der Waals surface area contributed by atoms with Crippen molar-refractivity contribution < 1.29 is 19.1 Å². The predicted octanol–water partition coefficient (Wildman–Crippen LogP) is 4.18. The molecule has 0 spiro atoms. The SMILES string of the molecule is COc1ccc(/C=C/C(=O)Oc2cccc(/C=N\NC(=O)CNc3ccccc3C)c2)cc1. The first-order valence-corrected chi connectivity index (χ1v) is 10.3. The minimum absolute atomic E-state index is 0.0976. The van der Waals surface area contributed by atoms with Crippen LogP contribution in [-0.4, -0.2) is 31.7 Å². The van der Waals surface area contributed by atoms with E-state index in [4.69, 9.17) is 9.47 Å². The summed E-state index contributed by atoms with van der Waals surface area (Å²) in [5, 5.41) is 7.02. The van der Waals surface area contributed by atoms with Crippen molar-refractivity contribution >= 4 is 29.9 Å². The summed E-state index contributed by atoms with van der Waals surface area (Å²) in [6, 6.07) is 21.9. The van der Waals surface area contributed by atoms with Crippen LogP contribution in [0.1, 0.15) is 16.7 Å². The first-order chi connectivity index (χ1) is 16.0. The van der Waals surface area contributed by atoms with Gasteiger partial charge in [-0.15, -0.1) is 0 Å². The Morgan fingerprint density at radius 3 is 2.48 bits per heavy atom. The van der Waals surface area contributed by atoms with Crippen molar-refractivity contribution in [2.45, 2.75) is 6.92 Å². The van der Waals surface area contributed by atoms with Gasteiger partial charge in [0, 0.05) is 11.8 Å². The van der Waals surface area contributed by atoms with E-state index in [-0.39, 0.29) is 12.5 Å². The van der Waals surface area contributed by atoms with E-state index in [0.29, 0.717) is 11.3 Å². The number of methoxy groups -OCH3 is 1. The van der Waals surface area contributed by atoms with Crippen molar-refractivity contribution in [3.63, 3.8) is 0 Å². The molecule has 0 aliphatic heterocycles. The van der Waals surface area contributed by atoms with E-state index in [1.54, 1.807) is 37.5 Å². The van der Waals surface area contributed by atoms with Crippen LogP contribution in [0.4, 0.5) is 5.69 Å². The number of nitrogens with zero attached hydrogens (tertiary/aromatic N) is 1. The summed E-state index contributed by atoms with van der Waals surface area (Å²) in [6.07, 6.45) is 4.49. The quantitative estimate of drug-likeness (QED) is 0.170. The zero-order chi connectivity index (χ0) is 23.5. The fourth-order valence-electron chi connectivity index (χ4n) is 2.85. The number of benzene rings is 3. The summed E-state index contributed by atoms with van der Waals surface area (Å²) >= 11 is 0. The van der Waals surface area contributed by atoms with Crippen LogP contribution in [0.3, 0.4) is 0 Å². The van der Waals surface area contributed by atoms with Crippen molar-refractivity contribution in [1.29, 1.82) is 0 Å². The Kier molecular flexibility index (Phi) is 8.36. The Hall–Kier alpha value is -4.39. The van der Waals surface area contributed by atoms with Gasteiger partial charge in [-0.05, 0) is 60.0 Å². The number of anilines is 1. The molecule has 3 aromatic carbocycles. The third-order valence-corrected chi connectivity index (χ3v) is 4.59. The Labute approximate surface area is 192 Å². The third-order valence-electron chi connectivity index (χ3n) is 4.59. The van der Waals surface area contributed by atoms with Gasteiger partial charge in [0.1, 0.15) is 11.5 Å². The molecule has 0 heterocycles. The molecule has 0 aliphatic rings. The molecular formula is C26H25N3O4. The molecule has 3 aromatic rings. The van der Waals surface area contributed by atoms with Crippen LogP contribution in [0.2, 0.25) is 0 Å². The highest BCUT2D eigenvalue weighted by atomic mass is 16.5. The molecule has 0 unspecified atom stereocenters. The van der Waals surface area contributed by atoms with Gasteiger partial charge < -0.3 is 14.8 Å². The number of aryl methyl sites for hydroxylation is 1. The molecule has 0 atom stereocenters. The molecule has 33 heavy (non-hydrogen) atoms. The van der Waals surface area contributed by atoms with Crippen LogP contribution in [0, 0.1) is 6.92 Å². The molecule has 0 saturated carbocycles. The van der Waals surface area contributed by atoms with Crippen LogP contribution in [0.15, 0.2) is 84.0 Å². The van der Waals surface area contributed by atoms with Gasteiger partial charge in [-0.3, -0.25) is 4.79 Å². The van der Waals surface area contributed by atoms with Gasteiger partial charge >= 0.3 is 5.97 Å². The lowest BCUT2D eigenvalue weighted by atomic mass is 10.2. The molecule has 2 N–H and O–H groups in total. The number of carbonyl (C=O) groups excluding carboxylic acids is 2. The number of hydrogen-bond donors (Lipinski definition) is 2. The van der Waals surface area contributed by atoms with E-state index >= 15 is 0 Å². The van der Waals surface area contributed by atoms with Gasteiger partial charge in [-0.25, -0.2) is 10.2 Å². The largest absolute Gasteiger partial charge is 0.497 e. The van der Waals surface area contributed by atoms with Gasteiger partial charge in [0.25, 0.3) is 5.91 Å². The molecule has 0 fully saturated rings. The maximum Gasteiger partial charge on any atom is 0.336 e. The van der Waals surface area contributed by atoms with Crippen LogP contribution in [0.25, 0.3) is 6.08 Å². The highest BCUT2D eigenvalue weighted by molar-refractivity contribution is 5.89. The molecule has 168 valence electrons. The number of hydrazone groups is 1. The Balaban J connectivity index is 1.48. The van der Waals surface area contributed by atoms with Crippen molar-refractivity contribution in [2.75, 3.05) is 19.0 Å². The molecule has 7 nitrogen and oxygen atoms in total. The number of hydrogen-bond acceptors (Lipinski definition) is 6. The predicted molar refractivity (Wildman–Crippen MR) is 130 cm³/mol. The van der Waals surface area contributed by atoms with Crippen molar-refractivity contribution in [3.8, 4) is 11.5 Å². The van der Waals surface area contributed by atoms with Gasteiger partial charge in [0.2, 0.25) is 0 Å². The van der Waals surface area contributed by atoms with Gasteiger partial charge in [-0.1, -0.05) is 42.5 Å². The highest BCUT2D eigenvalue weighted by Gasteiger charge is 2.03. The van der Waals surface area contributed by atoms with Gasteiger partial charge in [0.15, 0.2) is 0 Å². The summed E-state index contributed by atoms with van der Waals surface area (Å²) in [5.41, 5.74) is 5.94. The number of esters is 1. The Morgan fingerprint density at radius 1 is 0.939 bits per heavy atom. The second kappa shape index (κ2) is 11.9. The number of carbonyl (C=O) groups is 2. The second-order valence-corrected chi connectivity index (χ2v) is 7.06. The zero-order valence-electron chi connectivity index (χ0n) is 18.4. The van der Waals surface area contributed by atoms with Crippen molar-refractivity contribution in [1.82, 2.24) is 5.43 Å². The molecule has 0 saturated heterocycles. The van der Waals surface area contributed by atoms with E-state index in [1.165, 1.54) is 12.3 Å². The van der Waals surface area contributed by atoms with Crippen molar-refractivity contribution in [3.05, 3.63) is 95.6 Å². The average molecular weight is 444 g/mol. The summed E-state index contributed by atoms with van der Waals surface area (Å²) in [6.45, 7) is 2.06. The second-order valence-electron chi connectivity index (χ2n) is 7.06. The zero-order valence-corrected chi connectivity index (χ0v) is 18.4. The van der Waals surface area contributed by atoms with Crippen LogP contribution in [0.5, 0.6) is 11.5 Å². The van der Waals surface area contributed by atoms with E-state index in [1.807, 2.05) is 55.5 Å². The average Bonchev–Trinajstić information content (AvgIpc) is 2.83. The molecule has 0 aliphatic carbocycles. The lowest BCUT2D eigenvalue weighted by Crippen LogP contribution is -2.26. The summed E-state index contributed by atoms with van der Waals surface area (Å²) in [7, 11) is 1.60. The maximum atomic E-state index is 12.1. The molecule has 0 radical (unpaired) electrons.